The molecule has 1 aliphatic rings. The first-order chi connectivity index (χ1) is 11.6. The second-order valence-corrected chi connectivity index (χ2v) is 6.00. The van der Waals surface area contributed by atoms with Crippen LogP contribution in [0.25, 0.3) is 0 Å². The van der Waals surface area contributed by atoms with Crippen molar-refractivity contribution >= 4 is 11.7 Å². The van der Waals surface area contributed by atoms with Gasteiger partial charge in [0, 0.05) is 39.6 Å². The Morgan fingerprint density at radius 2 is 1.79 bits per heavy atom. The molecule has 0 atom stereocenters. The van der Waals surface area contributed by atoms with Crippen molar-refractivity contribution < 1.29 is 9.59 Å². The van der Waals surface area contributed by atoms with Crippen molar-refractivity contribution in [1.29, 1.82) is 0 Å². The SMILES string of the molecule is CC(=O)c1cn(CC(=O)N2CCN(Cc3ccccc3)CC2)nn1. The first kappa shape index (κ1) is 16.3. The molecule has 3 rings (SSSR count). The molecule has 0 bridgehead atoms. The number of amides is 1. The monoisotopic (exact) mass is 327 g/mol. The molecule has 0 unspecified atom stereocenters. The Kier molecular flexibility index (Phi) is 5.00. The number of benzene rings is 1. The highest BCUT2D eigenvalue weighted by atomic mass is 16.2. The van der Waals surface area contributed by atoms with Gasteiger partial charge in [-0.05, 0) is 5.56 Å². The van der Waals surface area contributed by atoms with Crippen LogP contribution in [0.5, 0.6) is 0 Å². The van der Waals surface area contributed by atoms with Crippen LogP contribution < -0.4 is 0 Å². The minimum Gasteiger partial charge on any atom is -0.339 e. The fourth-order valence-corrected chi connectivity index (χ4v) is 2.77. The normalized spacial score (nSPS) is 15.5. The number of ketones is 1. The molecule has 2 aromatic rings. The third-order valence-electron chi connectivity index (χ3n) is 4.17. The smallest absolute Gasteiger partial charge is 0.244 e. The van der Waals surface area contributed by atoms with Gasteiger partial charge >= 0.3 is 0 Å². The van der Waals surface area contributed by atoms with Crippen LogP contribution in [0.2, 0.25) is 0 Å². The van der Waals surface area contributed by atoms with Crippen molar-refractivity contribution in [2.75, 3.05) is 26.2 Å². The second-order valence-electron chi connectivity index (χ2n) is 6.00. The molecule has 7 heteroatoms. The summed E-state index contributed by atoms with van der Waals surface area (Å²) in [6.45, 7) is 5.60. The van der Waals surface area contributed by atoms with Gasteiger partial charge in [-0.25, -0.2) is 4.68 Å². The fourth-order valence-electron chi connectivity index (χ4n) is 2.77. The number of piperazine rings is 1. The van der Waals surface area contributed by atoms with Gasteiger partial charge in [-0.1, -0.05) is 35.5 Å². The van der Waals surface area contributed by atoms with E-state index in [-0.39, 0.29) is 23.9 Å². The van der Waals surface area contributed by atoms with Gasteiger partial charge in [0.1, 0.15) is 12.2 Å². The van der Waals surface area contributed by atoms with Gasteiger partial charge in [-0.3, -0.25) is 14.5 Å². The Hall–Kier alpha value is -2.54. The van der Waals surface area contributed by atoms with Crippen LogP contribution in [0.3, 0.4) is 0 Å². The predicted octanol–water partition coefficient (Wildman–Crippen LogP) is 0.825. The zero-order valence-electron chi connectivity index (χ0n) is 13.8. The topological polar surface area (TPSA) is 71.3 Å². The second kappa shape index (κ2) is 7.35. The van der Waals surface area contributed by atoms with Gasteiger partial charge in [-0.2, -0.15) is 0 Å². The molecule has 2 heterocycles. The average Bonchev–Trinajstić information content (AvgIpc) is 3.05. The summed E-state index contributed by atoms with van der Waals surface area (Å²) in [7, 11) is 0. The molecule has 1 fully saturated rings. The Labute approximate surface area is 140 Å². The number of carbonyl (C=O) groups excluding carboxylic acids is 2. The highest BCUT2D eigenvalue weighted by Crippen LogP contribution is 2.09. The summed E-state index contributed by atoms with van der Waals surface area (Å²) in [4.78, 5) is 27.8. The van der Waals surface area contributed by atoms with Crippen LogP contribution in [0, 0.1) is 0 Å². The molecule has 1 amide bonds. The summed E-state index contributed by atoms with van der Waals surface area (Å²) in [5.74, 6) is -0.141. The van der Waals surface area contributed by atoms with Crippen molar-refractivity contribution in [3.63, 3.8) is 0 Å². The van der Waals surface area contributed by atoms with Crippen LogP contribution in [-0.4, -0.2) is 62.7 Å². The number of hydrogen-bond acceptors (Lipinski definition) is 5. The van der Waals surface area contributed by atoms with Gasteiger partial charge < -0.3 is 4.90 Å². The number of rotatable bonds is 5. The van der Waals surface area contributed by atoms with Crippen molar-refractivity contribution in [2.24, 2.45) is 0 Å². The lowest BCUT2D eigenvalue weighted by Crippen LogP contribution is -2.49. The maximum absolute atomic E-state index is 12.3. The van der Waals surface area contributed by atoms with Crippen molar-refractivity contribution in [3.05, 3.63) is 47.8 Å². The molecule has 0 saturated carbocycles. The molecular weight excluding hydrogens is 306 g/mol. The van der Waals surface area contributed by atoms with E-state index in [1.807, 2.05) is 23.1 Å². The lowest BCUT2D eigenvalue weighted by molar-refractivity contribution is -0.133. The molecule has 7 nitrogen and oxygen atoms in total. The zero-order valence-corrected chi connectivity index (χ0v) is 13.8. The molecule has 0 N–H and O–H groups in total. The fraction of sp³-hybridized carbons (Fsp3) is 0.412. The molecule has 0 radical (unpaired) electrons. The average molecular weight is 327 g/mol. The summed E-state index contributed by atoms with van der Waals surface area (Å²) in [6, 6.07) is 10.3. The molecular formula is C17H21N5O2. The van der Waals surface area contributed by atoms with Gasteiger partial charge in [0.05, 0.1) is 6.20 Å². The van der Waals surface area contributed by atoms with Crippen LogP contribution in [0.15, 0.2) is 36.5 Å². The largest absolute Gasteiger partial charge is 0.339 e. The Morgan fingerprint density at radius 1 is 1.08 bits per heavy atom. The molecule has 24 heavy (non-hydrogen) atoms. The summed E-state index contributed by atoms with van der Waals surface area (Å²) < 4.78 is 1.43. The molecule has 126 valence electrons. The molecule has 1 aliphatic heterocycles. The van der Waals surface area contributed by atoms with Crippen LogP contribution in [0.4, 0.5) is 0 Å². The van der Waals surface area contributed by atoms with E-state index in [0.717, 1.165) is 19.6 Å². The number of hydrogen-bond donors (Lipinski definition) is 0. The third kappa shape index (κ3) is 4.05. The first-order valence-electron chi connectivity index (χ1n) is 8.07. The molecule has 1 aromatic carbocycles. The summed E-state index contributed by atoms with van der Waals surface area (Å²) in [5.41, 5.74) is 1.58. The number of aromatic nitrogens is 3. The highest BCUT2D eigenvalue weighted by molar-refractivity contribution is 5.91. The van der Waals surface area contributed by atoms with Gasteiger partial charge in [0.15, 0.2) is 5.78 Å². The molecule has 1 aromatic heterocycles. The third-order valence-corrected chi connectivity index (χ3v) is 4.17. The van der Waals surface area contributed by atoms with Crippen molar-refractivity contribution in [3.8, 4) is 0 Å². The van der Waals surface area contributed by atoms with E-state index in [0.29, 0.717) is 13.1 Å². The lowest BCUT2D eigenvalue weighted by Gasteiger charge is -2.34. The minimum absolute atomic E-state index is 0.00867. The van der Waals surface area contributed by atoms with E-state index >= 15 is 0 Å². The van der Waals surface area contributed by atoms with Crippen LogP contribution >= 0.6 is 0 Å². The Morgan fingerprint density at radius 3 is 2.42 bits per heavy atom. The van der Waals surface area contributed by atoms with Crippen LogP contribution in [-0.2, 0) is 17.9 Å². The van der Waals surface area contributed by atoms with E-state index in [4.69, 9.17) is 0 Å². The van der Waals surface area contributed by atoms with Crippen molar-refractivity contribution in [2.45, 2.75) is 20.0 Å². The molecule has 0 spiro atoms. The van der Waals surface area contributed by atoms with E-state index in [9.17, 15) is 9.59 Å². The van der Waals surface area contributed by atoms with Crippen molar-refractivity contribution in [1.82, 2.24) is 24.8 Å². The number of nitrogens with zero attached hydrogens (tertiary/aromatic N) is 5. The maximum atomic E-state index is 12.3. The molecule has 0 aliphatic carbocycles. The standard InChI is InChI=1S/C17H21N5O2/c1-14(23)16-12-22(19-18-16)13-17(24)21-9-7-20(8-10-21)11-15-5-3-2-4-6-15/h2-6,12H,7-11,13H2,1H3. The molecule has 1 saturated heterocycles. The summed E-state index contributed by atoms with van der Waals surface area (Å²) in [6.07, 6.45) is 1.52. The summed E-state index contributed by atoms with van der Waals surface area (Å²) in [5, 5.41) is 7.59. The van der Waals surface area contributed by atoms with Gasteiger partial charge in [0.2, 0.25) is 5.91 Å². The first-order valence-corrected chi connectivity index (χ1v) is 8.07. The van der Waals surface area contributed by atoms with E-state index < -0.39 is 0 Å². The Bertz CT molecular complexity index is 705. The van der Waals surface area contributed by atoms with E-state index in [1.54, 1.807) is 0 Å². The van der Waals surface area contributed by atoms with E-state index in [1.165, 1.54) is 23.4 Å². The van der Waals surface area contributed by atoms with Gasteiger partial charge in [-0.15, -0.1) is 5.10 Å². The zero-order chi connectivity index (χ0) is 16.9. The number of Topliss-reactive ketones (excluding diaryl/α,β-unsaturated/α-hetero) is 1. The lowest BCUT2D eigenvalue weighted by atomic mass is 10.2. The minimum atomic E-state index is -0.150. The quantitative estimate of drug-likeness (QED) is 0.761. The number of carbonyl (C=O) groups is 2. The van der Waals surface area contributed by atoms with E-state index in [2.05, 4.69) is 27.3 Å². The maximum Gasteiger partial charge on any atom is 0.244 e. The van der Waals surface area contributed by atoms with Crippen LogP contribution in [0.1, 0.15) is 23.0 Å². The predicted molar refractivity (Wildman–Crippen MR) is 88.3 cm³/mol. The van der Waals surface area contributed by atoms with Gasteiger partial charge in [0.25, 0.3) is 0 Å². The Balaban J connectivity index is 1.48. The highest BCUT2D eigenvalue weighted by Gasteiger charge is 2.21. The summed E-state index contributed by atoms with van der Waals surface area (Å²) >= 11 is 0.